The third kappa shape index (κ3) is 1.76. The number of nitrogen functional groups attached to an aromatic ring is 1. The first-order valence-electron chi connectivity index (χ1n) is 4.38. The van der Waals surface area contributed by atoms with Gasteiger partial charge in [-0.25, -0.2) is 4.39 Å². The fourth-order valence-corrected chi connectivity index (χ4v) is 1.86. The summed E-state index contributed by atoms with van der Waals surface area (Å²) in [5.74, 6) is 0.303. The standard InChI is InChI=1S/C10H8BrFN2O2/c1-15-10-5(11)2-3-6(12)9(10)7-4-8(13)14-16-7/h2-4H,1H3,(H2,13,14). The summed E-state index contributed by atoms with van der Waals surface area (Å²) in [6.45, 7) is 0. The van der Waals surface area contributed by atoms with Crippen LogP contribution >= 0.6 is 15.9 Å². The predicted molar refractivity (Wildman–Crippen MR) is 60.6 cm³/mol. The van der Waals surface area contributed by atoms with Crippen LogP contribution in [0.2, 0.25) is 0 Å². The Labute approximate surface area is 99.3 Å². The quantitative estimate of drug-likeness (QED) is 0.922. The third-order valence-corrected chi connectivity index (χ3v) is 2.66. The number of nitrogens with two attached hydrogens (primary N) is 1. The Balaban J connectivity index is 2.67. The van der Waals surface area contributed by atoms with Gasteiger partial charge in [-0.1, -0.05) is 5.16 Å². The number of hydrogen-bond donors (Lipinski definition) is 1. The summed E-state index contributed by atoms with van der Waals surface area (Å²) >= 11 is 3.26. The van der Waals surface area contributed by atoms with Gasteiger partial charge < -0.3 is 15.0 Å². The van der Waals surface area contributed by atoms with Crippen molar-refractivity contribution in [3.05, 3.63) is 28.5 Å². The lowest BCUT2D eigenvalue weighted by atomic mass is 10.1. The van der Waals surface area contributed by atoms with Crippen molar-refractivity contribution in [1.29, 1.82) is 0 Å². The van der Waals surface area contributed by atoms with Gasteiger partial charge in [-0.15, -0.1) is 0 Å². The summed E-state index contributed by atoms with van der Waals surface area (Å²) in [5.41, 5.74) is 5.61. The molecule has 2 aromatic rings. The van der Waals surface area contributed by atoms with Gasteiger partial charge in [-0.3, -0.25) is 0 Å². The molecule has 0 atom stereocenters. The molecule has 2 rings (SSSR count). The number of anilines is 1. The second kappa shape index (κ2) is 4.13. The van der Waals surface area contributed by atoms with Gasteiger partial charge in [-0.05, 0) is 28.1 Å². The van der Waals surface area contributed by atoms with E-state index in [2.05, 4.69) is 21.1 Å². The molecule has 0 spiro atoms. The average Bonchev–Trinajstić information content (AvgIpc) is 2.67. The van der Waals surface area contributed by atoms with Crippen molar-refractivity contribution in [2.45, 2.75) is 0 Å². The minimum Gasteiger partial charge on any atom is -0.495 e. The minimum absolute atomic E-state index is 0.191. The van der Waals surface area contributed by atoms with Crippen molar-refractivity contribution in [2.24, 2.45) is 0 Å². The lowest BCUT2D eigenvalue weighted by Crippen LogP contribution is -1.92. The summed E-state index contributed by atoms with van der Waals surface area (Å²) in [7, 11) is 1.45. The molecule has 6 heteroatoms. The van der Waals surface area contributed by atoms with E-state index in [1.54, 1.807) is 6.07 Å². The molecule has 1 heterocycles. The number of halogens is 2. The average molecular weight is 287 g/mol. The zero-order valence-corrected chi connectivity index (χ0v) is 9.92. The first kappa shape index (κ1) is 10.9. The summed E-state index contributed by atoms with van der Waals surface area (Å²) in [6, 6.07) is 4.30. The van der Waals surface area contributed by atoms with Gasteiger partial charge in [-0.2, -0.15) is 0 Å². The first-order valence-corrected chi connectivity index (χ1v) is 5.17. The Kier molecular flexibility index (Phi) is 2.82. The summed E-state index contributed by atoms with van der Waals surface area (Å²) in [4.78, 5) is 0. The molecule has 0 saturated carbocycles. The van der Waals surface area contributed by atoms with E-state index >= 15 is 0 Å². The number of benzene rings is 1. The van der Waals surface area contributed by atoms with Crippen LogP contribution in [0.15, 0.2) is 27.2 Å². The van der Waals surface area contributed by atoms with E-state index in [1.165, 1.54) is 19.2 Å². The van der Waals surface area contributed by atoms with E-state index in [9.17, 15) is 4.39 Å². The molecular formula is C10H8BrFN2O2. The van der Waals surface area contributed by atoms with E-state index in [-0.39, 0.29) is 17.1 Å². The van der Waals surface area contributed by atoms with Crippen molar-refractivity contribution < 1.29 is 13.7 Å². The van der Waals surface area contributed by atoms with E-state index < -0.39 is 5.82 Å². The van der Waals surface area contributed by atoms with Gasteiger partial charge >= 0.3 is 0 Å². The second-order valence-electron chi connectivity index (χ2n) is 3.05. The second-order valence-corrected chi connectivity index (χ2v) is 3.91. The third-order valence-electron chi connectivity index (χ3n) is 2.04. The van der Waals surface area contributed by atoms with Crippen LogP contribution in [-0.2, 0) is 0 Å². The zero-order chi connectivity index (χ0) is 11.7. The minimum atomic E-state index is -0.462. The van der Waals surface area contributed by atoms with Crippen LogP contribution in [0, 0.1) is 5.82 Å². The molecule has 0 unspecified atom stereocenters. The lowest BCUT2D eigenvalue weighted by Gasteiger charge is -2.08. The van der Waals surface area contributed by atoms with Gasteiger partial charge in [0.15, 0.2) is 11.6 Å². The molecule has 1 aromatic heterocycles. The van der Waals surface area contributed by atoms with E-state index in [1.807, 2.05) is 0 Å². The molecule has 0 aliphatic heterocycles. The maximum absolute atomic E-state index is 13.7. The largest absolute Gasteiger partial charge is 0.495 e. The highest BCUT2D eigenvalue weighted by molar-refractivity contribution is 9.10. The van der Waals surface area contributed by atoms with Crippen molar-refractivity contribution in [2.75, 3.05) is 12.8 Å². The molecule has 1 aromatic carbocycles. The van der Waals surface area contributed by atoms with Gasteiger partial charge in [0.25, 0.3) is 0 Å². The molecule has 0 radical (unpaired) electrons. The molecule has 0 fully saturated rings. The number of aromatic nitrogens is 1. The fraction of sp³-hybridized carbons (Fsp3) is 0.100. The van der Waals surface area contributed by atoms with Gasteiger partial charge in [0.1, 0.15) is 11.6 Å². The molecular weight excluding hydrogens is 279 g/mol. The summed E-state index contributed by atoms with van der Waals surface area (Å²) in [6.07, 6.45) is 0. The maximum Gasteiger partial charge on any atom is 0.175 e. The predicted octanol–water partition coefficient (Wildman–Crippen LogP) is 2.83. The highest BCUT2D eigenvalue weighted by atomic mass is 79.9. The molecule has 84 valence electrons. The molecule has 4 nitrogen and oxygen atoms in total. The highest BCUT2D eigenvalue weighted by Crippen LogP contribution is 2.38. The summed E-state index contributed by atoms with van der Waals surface area (Å²) < 4.78 is 24.3. The maximum atomic E-state index is 13.7. The Hall–Kier alpha value is -1.56. The van der Waals surface area contributed by atoms with Crippen LogP contribution in [0.4, 0.5) is 10.2 Å². The summed E-state index contributed by atoms with van der Waals surface area (Å²) in [5, 5.41) is 3.50. The van der Waals surface area contributed by atoms with E-state index in [4.69, 9.17) is 15.0 Å². The van der Waals surface area contributed by atoms with Crippen LogP contribution in [-0.4, -0.2) is 12.3 Å². The van der Waals surface area contributed by atoms with Crippen molar-refractivity contribution >= 4 is 21.7 Å². The van der Waals surface area contributed by atoms with Crippen molar-refractivity contribution in [1.82, 2.24) is 5.16 Å². The van der Waals surface area contributed by atoms with Gasteiger partial charge in [0.2, 0.25) is 0 Å². The van der Waals surface area contributed by atoms with Crippen LogP contribution in [0.25, 0.3) is 11.3 Å². The smallest absolute Gasteiger partial charge is 0.175 e. The lowest BCUT2D eigenvalue weighted by molar-refractivity contribution is 0.400. The van der Waals surface area contributed by atoms with Crippen molar-refractivity contribution in [3.8, 4) is 17.1 Å². The number of nitrogens with zero attached hydrogens (tertiary/aromatic N) is 1. The zero-order valence-electron chi connectivity index (χ0n) is 8.33. The molecule has 16 heavy (non-hydrogen) atoms. The molecule has 0 aliphatic rings. The van der Waals surface area contributed by atoms with Crippen molar-refractivity contribution in [3.63, 3.8) is 0 Å². The number of ether oxygens (including phenoxy) is 1. The number of methoxy groups -OCH3 is 1. The topological polar surface area (TPSA) is 61.3 Å². The van der Waals surface area contributed by atoms with E-state index in [0.29, 0.717) is 10.2 Å². The Morgan fingerprint density at radius 1 is 1.50 bits per heavy atom. The van der Waals surface area contributed by atoms with Crippen LogP contribution in [0.3, 0.4) is 0 Å². The molecule has 0 saturated heterocycles. The molecule has 0 bridgehead atoms. The molecule has 0 aliphatic carbocycles. The normalized spacial score (nSPS) is 10.4. The Bertz CT molecular complexity index is 528. The number of hydrogen-bond acceptors (Lipinski definition) is 4. The van der Waals surface area contributed by atoms with Gasteiger partial charge in [0.05, 0.1) is 17.1 Å². The van der Waals surface area contributed by atoms with Crippen LogP contribution in [0.5, 0.6) is 5.75 Å². The Morgan fingerprint density at radius 3 is 2.81 bits per heavy atom. The molecule has 0 amide bonds. The van der Waals surface area contributed by atoms with Gasteiger partial charge in [0, 0.05) is 6.07 Å². The van der Waals surface area contributed by atoms with Crippen LogP contribution < -0.4 is 10.5 Å². The molecule has 2 N–H and O–H groups in total. The first-order chi connectivity index (χ1) is 7.63. The van der Waals surface area contributed by atoms with E-state index in [0.717, 1.165) is 0 Å². The van der Waals surface area contributed by atoms with Crippen LogP contribution in [0.1, 0.15) is 0 Å². The Morgan fingerprint density at radius 2 is 2.25 bits per heavy atom. The highest BCUT2D eigenvalue weighted by Gasteiger charge is 2.18. The SMILES string of the molecule is COc1c(Br)ccc(F)c1-c1cc(N)no1. The fourth-order valence-electron chi connectivity index (χ4n) is 1.37. The monoisotopic (exact) mass is 286 g/mol. The number of rotatable bonds is 2.